The molecule has 0 radical (unpaired) electrons. The summed E-state index contributed by atoms with van der Waals surface area (Å²) in [5.41, 5.74) is 0.612. The van der Waals surface area contributed by atoms with Crippen molar-refractivity contribution in [3.8, 4) is 5.75 Å². The number of hydrogen-bond acceptors (Lipinski definition) is 3. The summed E-state index contributed by atoms with van der Waals surface area (Å²) < 4.78 is 5.59. The van der Waals surface area contributed by atoms with Crippen LogP contribution in [0.5, 0.6) is 5.75 Å². The van der Waals surface area contributed by atoms with Crippen LogP contribution in [0, 0.1) is 0 Å². The van der Waals surface area contributed by atoms with Crippen LogP contribution in [-0.2, 0) is 4.79 Å². The Bertz CT molecular complexity index is 524. The predicted octanol–water partition coefficient (Wildman–Crippen LogP) is 2.25. The van der Waals surface area contributed by atoms with E-state index in [0.717, 1.165) is 0 Å². The van der Waals surface area contributed by atoms with Gasteiger partial charge >= 0.3 is 5.97 Å². The largest absolute Gasteiger partial charge is 0.482 e. The molecule has 4 nitrogen and oxygen atoms in total. The van der Waals surface area contributed by atoms with Gasteiger partial charge in [-0.25, -0.2) is 4.79 Å². The molecule has 2 N–H and O–H groups in total. The summed E-state index contributed by atoms with van der Waals surface area (Å²) in [4.78, 5) is 11.0. The molecule has 0 saturated heterocycles. The SMILES string of the molecule is O=C(O)[C@@H](O)[C@@H](Oc1ccccc1)c1ccccc1. The van der Waals surface area contributed by atoms with Gasteiger partial charge in [-0.2, -0.15) is 0 Å². The Balaban J connectivity index is 2.27. The Morgan fingerprint density at radius 1 is 0.947 bits per heavy atom. The van der Waals surface area contributed by atoms with Gasteiger partial charge in [0, 0.05) is 0 Å². The third-order valence-corrected chi connectivity index (χ3v) is 2.67. The lowest BCUT2D eigenvalue weighted by Gasteiger charge is -2.22. The molecule has 0 aliphatic rings. The van der Waals surface area contributed by atoms with Crippen LogP contribution in [0.15, 0.2) is 60.7 Å². The molecule has 0 aromatic heterocycles. The maximum atomic E-state index is 11.0. The number of aliphatic hydroxyl groups is 1. The second-order valence-electron chi connectivity index (χ2n) is 4.05. The lowest BCUT2D eigenvalue weighted by Crippen LogP contribution is -2.31. The van der Waals surface area contributed by atoms with Crippen molar-refractivity contribution < 1.29 is 19.7 Å². The van der Waals surface area contributed by atoms with Gasteiger partial charge in [-0.3, -0.25) is 0 Å². The van der Waals surface area contributed by atoms with E-state index >= 15 is 0 Å². The molecule has 0 unspecified atom stereocenters. The smallest absolute Gasteiger partial charge is 0.336 e. The molecule has 98 valence electrons. The minimum atomic E-state index is -1.62. The molecule has 0 saturated carbocycles. The Hall–Kier alpha value is -2.33. The highest BCUT2D eigenvalue weighted by Crippen LogP contribution is 2.24. The monoisotopic (exact) mass is 258 g/mol. The average Bonchev–Trinajstić information content (AvgIpc) is 2.46. The topological polar surface area (TPSA) is 66.8 Å². The van der Waals surface area contributed by atoms with Crippen LogP contribution >= 0.6 is 0 Å². The molecular weight excluding hydrogens is 244 g/mol. The third kappa shape index (κ3) is 3.33. The zero-order valence-electron chi connectivity index (χ0n) is 10.1. The molecule has 19 heavy (non-hydrogen) atoms. The second kappa shape index (κ2) is 6.02. The molecule has 0 bridgehead atoms. The zero-order chi connectivity index (χ0) is 13.7. The molecule has 2 aromatic rings. The number of carbonyl (C=O) groups is 1. The predicted molar refractivity (Wildman–Crippen MR) is 69.9 cm³/mol. The first-order valence-corrected chi connectivity index (χ1v) is 5.86. The average molecular weight is 258 g/mol. The van der Waals surface area contributed by atoms with Crippen LogP contribution in [0.2, 0.25) is 0 Å². The minimum Gasteiger partial charge on any atom is -0.482 e. The normalized spacial score (nSPS) is 13.5. The number of benzene rings is 2. The number of aliphatic carboxylic acids is 1. The molecular formula is C15H14O4. The fourth-order valence-electron chi connectivity index (χ4n) is 1.73. The van der Waals surface area contributed by atoms with Gasteiger partial charge in [0.15, 0.2) is 12.2 Å². The molecule has 2 atom stereocenters. The third-order valence-electron chi connectivity index (χ3n) is 2.67. The first kappa shape index (κ1) is 13.1. The molecule has 4 heteroatoms. The Morgan fingerprint density at radius 3 is 2.00 bits per heavy atom. The van der Waals surface area contributed by atoms with E-state index < -0.39 is 18.2 Å². The van der Waals surface area contributed by atoms with E-state index in [1.165, 1.54) is 0 Å². The highest BCUT2D eigenvalue weighted by molar-refractivity contribution is 5.73. The van der Waals surface area contributed by atoms with Crippen LogP contribution in [0.1, 0.15) is 11.7 Å². The lowest BCUT2D eigenvalue weighted by atomic mass is 10.0. The standard InChI is InChI=1S/C15H14O4/c16-13(15(17)18)14(11-7-3-1-4-8-11)19-12-9-5-2-6-10-12/h1-10,13-14,16H,(H,17,18)/t13-,14-/m0/s1. The number of carboxylic acids is 1. The van der Waals surface area contributed by atoms with Crippen molar-refractivity contribution in [2.75, 3.05) is 0 Å². The van der Waals surface area contributed by atoms with Gasteiger partial charge in [-0.1, -0.05) is 48.5 Å². The van der Waals surface area contributed by atoms with Gasteiger partial charge in [-0.15, -0.1) is 0 Å². The van der Waals surface area contributed by atoms with Crippen molar-refractivity contribution in [3.05, 3.63) is 66.2 Å². The van der Waals surface area contributed by atoms with Gasteiger partial charge < -0.3 is 14.9 Å². The van der Waals surface area contributed by atoms with Crippen LogP contribution in [0.3, 0.4) is 0 Å². The van der Waals surface area contributed by atoms with E-state index in [9.17, 15) is 9.90 Å². The van der Waals surface area contributed by atoms with Crippen molar-refractivity contribution in [1.29, 1.82) is 0 Å². The Labute approximate surface area is 110 Å². The van der Waals surface area contributed by atoms with E-state index in [-0.39, 0.29) is 0 Å². The zero-order valence-corrected chi connectivity index (χ0v) is 10.1. The number of hydrogen-bond donors (Lipinski definition) is 2. The van der Waals surface area contributed by atoms with E-state index in [0.29, 0.717) is 11.3 Å². The summed E-state index contributed by atoms with van der Waals surface area (Å²) in [5.74, 6) is -0.804. The fraction of sp³-hybridized carbons (Fsp3) is 0.133. The summed E-state index contributed by atoms with van der Waals surface area (Å²) in [5, 5.41) is 18.7. The van der Waals surface area contributed by atoms with Gasteiger partial charge in [0.25, 0.3) is 0 Å². The summed E-state index contributed by atoms with van der Waals surface area (Å²) >= 11 is 0. The maximum absolute atomic E-state index is 11.0. The van der Waals surface area contributed by atoms with Crippen molar-refractivity contribution in [1.82, 2.24) is 0 Å². The summed E-state index contributed by atoms with van der Waals surface area (Å²) in [6, 6.07) is 17.6. The minimum absolute atomic E-state index is 0.511. The number of ether oxygens (including phenoxy) is 1. The number of rotatable bonds is 5. The van der Waals surface area contributed by atoms with Crippen LogP contribution in [-0.4, -0.2) is 22.3 Å². The van der Waals surface area contributed by atoms with Crippen LogP contribution in [0.25, 0.3) is 0 Å². The highest BCUT2D eigenvalue weighted by Gasteiger charge is 2.29. The quantitative estimate of drug-likeness (QED) is 0.863. The molecule has 0 heterocycles. The van der Waals surface area contributed by atoms with Crippen molar-refractivity contribution in [2.45, 2.75) is 12.2 Å². The lowest BCUT2D eigenvalue weighted by molar-refractivity contribution is -0.152. The molecule has 0 fully saturated rings. The van der Waals surface area contributed by atoms with E-state index in [2.05, 4.69) is 0 Å². The van der Waals surface area contributed by atoms with Crippen LogP contribution < -0.4 is 4.74 Å². The van der Waals surface area contributed by atoms with E-state index in [4.69, 9.17) is 9.84 Å². The van der Waals surface area contributed by atoms with Crippen molar-refractivity contribution >= 4 is 5.97 Å². The summed E-state index contributed by atoms with van der Waals surface area (Å²) in [7, 11) is 0. The number of carboxylic acid groups (broad SMARTS) is 1. The van der Waals surface area contributed by atoms with Gasteiger partial charge in [0.1, 0.15) is 5.75 Å². The fourth-order valence-corrected chi connectivity index (χ4v) is 1.73. The van der Waals surface area contributed by atoms with Gasteiger partial charge in [-0.05, 0) is 17.7 Å². The number of para-hydroxylation sites is 1. The Morgan fingerprint density at radius 2 is 1.47 bits per heavy atom. The maximum Gasteiger partial charge on any atom is 0.336 e. The highest BCUT2D eigenvalue weighted by atomic mass is 16.5. The molecule has 0 aliphatic carbocycles. The van der Waals surface area contributed by atoms with Crippen molar-refractivity contribution in [2.24, 2.45) is 0 Å². The first-order chi connectivity index (χ1) is 9.18. The molecule has 0 aliphatic heterocycles. The van der Waals surface area contributed by atoms with Crippen LogP contribution in [0.4, 0.5) is 0 Å². The molecule has 2 aromatic carbocycles. The van der Waals surface area contributed by atoms with Crippen molar-refractivity contribution in [3.63, 3.8) is 0 Å². The Kier molecular flexibility index (Phi) is 4.15. The van der Waals surface area contributed by atoms with E-state index in [1.807, 2.05) is 12.1 Å². The molecule has 2 rings (SSSR count). The second-order valence-corrected chi connectivity index (χ2v) is 4.05. The summed E-state index contributed by atoms with van der Waals surface area (Å²) in [6.45, 7) is 0. The van der Waals surface area contributed by atoms with Gasteiger partial charge in [0.05, 0.1) is 0 Å². The first-order valence-electron chi connectivity index (χ1n) is 5.86. The molecule has 0 spiro atoms. The molecule has 0 amide bonds. The summed E-state index contributed by atoms with van der Waals surface area (Å²) in [6.07, 6.45) is -2.57. The number of aliphatic hydroxyl groups excluding tert-OH is 1. The van der Waals surface area contributed by atoms with E-state index in [1.54, 1.807) is 48.5 Å². The van der Waals surface area contributed by atoms with Gasteiger partial charge in [0.2, 0.25) is 0 Å².